The number of carbonyl (C=O) groups is 1. The van der Waals surface area contributed by atoms with E-state index in [9.17, 15) is 14.3 Å². The summed E-state index contributed by atoms with van der Waals surface area (Å²) in [5, 5.41) is 12.6. The zero-order valence-corrected chi connectivity index (χ0v) is 13.4. The van der Waals surface area contributed by atoms with E-state index in [4.69, 9.17) is 4.74 Å². The van der Waals surface area contributed by atoms with Crippen molar-refractivity contribution in [3.05, 3.63) is 63.9 Å². The number of benzene rings is 2. The van der Waals surface area contributed by atoms with Crippen molar-refractivity contribution in [1.29, 1.82) is 0 Å². The summed E-state index contributed by atoms with van der Waals surface area (Å²) in [6.45, 7) is 0.0271. The average molecular weight is 368 g/mol. The van der Waals surface area contributed by atoms with Crippen molar-refractivity contribution in [2.24, 2.45) is 0 Å². The van der Waals surface area contributed by atoms with Crippen molar-refractivity contribution in [2.45, 2.75) is 6.10 Å². The molecule has 1 atom stereocenters. The minimum atomic E-state index is -0.855. The number of halogens is 2. The lowest BCUT2D eigenvalue weighted by molar-refractivity contribution is 0.0915. The third-order valence-electron chi connectivity index (χ3n) is 3.08. The highest BCUT2D eigenvalue weighted by Crippen LogP contribution is 2.18. The van der Waals surface area contributed by atoms with Gasteiger partial charge in [-0.15, -0.1) is 0 Å². The van der Waals surface area contributed by atoms with Crippen molar-refractivity contribution in [3.63, 3.8) is 0 Å². The molecule has 0 aromatic heterocycles. The first-order chi connectivity index (χ1) is 10.5. The number of amides is 1. The monoisotopic (exact) mass is 367 g/mol. The number of ether oxygens (including phenoxy) is 1. The van der Waals surface area contributed by atoms with Gasteiger partial charge in [0.05, 0.1) is 13.2 Å². The Bertz CT molecular complexity index is 641. The molecule has 2 aromatic carbocycles. The van der Waals surface area contributed by atoms with Crippen LogP contribution in [0.3, 0.4) is 0 Å². The molecule has 0 aliphatic carbocycles. The molecule has 0 bridgehead atoms. The van der Waals surface area contributed by atoms with Crippen molar-refractivity contribution in [3.8, 4) is 5.75 Å². The minimum absolute atomic E-state index is 0.0271. The van der Waals surface area contributed by atoms with Gasteiger partial charge in [-0.2, -0.15) is 0 Å². The van der Waals surface area contributed by atoms with E-state index in [-0.39, 0.29) is 12.1 Å². The third kappa shape index (κ3) is 4.29. The summed E-state index contributed by atoms with van der Waals surface area (Å²) in [6, 6.07) is 10.8. The Kier molecular flexibility index (Phi) is 5.51. The summed E-state index contributed by atoms with van der Waals surface area (Å²) in [5.74, 6) is -0.271. The maximum atomic E-state index is 13.3. The maximum absolute atomic E-state index is 13.3. The Morgan fingerprint density at radius 2 is 2.00 bits per heavy atom. The van der Waals surface area contributed by atoms with E-state index in [0.29, 0.717) is 15.8 Å². The van der Waals surface area contributed by atoms with E-state index in [0.717, 1.165) is 6.07 Å². The van der Waals surface area contributed by atoms with Crippen LogP contribution in [0.5, 0.6) is 5.75 Å². The highest BCUT2D eigenvalue weighted by Gasteiger charge is 2.12. The number of carbonyl (C=O) groups excluding carboxylic acids is 1. The lowest BCUT2D eigenvalue weighted by Gasteiger charge is -2.13. The zero-order chi connectivity index (χ0) is 16.1. The molecule has 2 rings (SSSR count). The molecule has 6 heteroatoms. The van der Waals surface area contributed by atoms with Crippen LogP contribution >= 0.6 is 15.9 Å². The van der Waals surface area contributed by atoms with Crippen LogP contribution in [0.25, 0.3) is 0 Å². The second kappa shape index (κ2) is 7.38. The van der Waals surface area contributed by atoms with Crippen molar-refractivity contribution < 1.29 is 19.0 Å². The molecule has 1 unspecified atom stereocenters. The maximum Gasteiger partial charge on any atom is 0.251 e. The SMILES string of the molecule is COc1ccc(C(O)CNC(=O)c2cc(F)cc(Br)c2)cc1. The summed E-state index contributed by atoms with van der Waals surface area (Å²) in [7, 11) is 1.56. The van der Waals surface area contributed by atoms with E-state index < -0.39 is 17.8 Å². The van der Waals surface area contributed by atoms with Gasteiger partial charge in [0.15, 0.2) is 0 Å². The van der Waals surface area contributed by atoms with Crippen molar-refractivity contribution >= 4 is 21.8 Å². The average Bonchev–Trinajstić information content (AvgIpc) is 2.51. The predicted octanol–water partition coefficient (Wildman–Crippen LogP) is 3.06. The van der Waals surface area contributed by atoms with Crippen LogP contribution in [0.15, 0.2) is 46.9 Å². The smallest absolute Gasteiger partial charge is 0.251 e. The van der Waals surface area contributed by atoms with Gasteiger partial charge in [-0.3, -0.25) is 4.79 Å². The van der Waals surface area contributed by atoms with Crippen LogP contribution in [0.1, 0.15) is 22.0 Å². The Hall–Kier alpha value is -1.92. The molecule has 0 aliphatic heterocycles. The fraction of sp³-hybridized carbons (Fsp3) is 0.188. The molecule has 116 valence electrons. The second-order valence-electron chi connectivity index (χ2n) is 4.66. The van der Waals surface area contributed by atoms with E-state index in [1.807, 2.05) is 0 Å². The highest BCUT2D eigenvalue weighted by atomic mass is 79.9. The van der Waals surface area contributed by atoms with Gasteiger partial charge in [0.1, 0.15) is 11.6 Å². The lowest BCUT2D eigenvalue weighted by Crippen LogP contribution is -2.28. The molecule has 1 amide bonds. The largest absolute Gasteiger partial charge is 0.497 e. The van der Waals surface area contributed by atoms with Crippen LogP contribution in [0.4, 0.5) is 4.39 Å². The van der Waals surface area contributed by atoms with Gasteiger partial charge >= 0.3 is 0 Å². The van der Waals surface area contributed by atoms with E-state index in [1.165, 1.54) is 12.1 Å². The molecular weight excluding hydrogens is 353 g/mol. The van der Waals surface area contributed by atoms with Gasteiger partial charge in [-0.05, 0) is 35.9 Å². The van der Waals surface area contributed by atoms with Crippen LogP contribution in [-0.2, 0) is 0 Å². The standard InChI is InChI=1S/C16H15BrFNO3/c1-22-14-4-2-10(3-5-14)15(20)9-19-16(21)11-6-12(17)8-13(18)7-11/h2-8,15,20H,9H2,1H3,(H,19,21). The Morgan fingerprint density at radius 3 is 2.59 bits per heavy atom. The number of rotatable bonds is 5. The molecule has 0 aliphatic rings. The van der Waals surface area contributed by atoms with Gasteiger partial charge in [-0.25, -0.2) is 4.39 Å². The number of nitrogens with one attached hydrogen (secondary N) is 1. The molecule has 0 spiro atoms. The van der Waals surface area contributed by atoms with Crippen LogP contribution in [0, 0.1) is 5.82 Å². The van der Waals surface area contributed by atoms with E-state index >= 15 is 0 Å². The fourth-order valence-corrected chi connectivity index (χ4v) is 2.39. The molecule has 0 radical (unpaired) electrons. The Balaban J connectivity index is 1.97. The number of methoxy groups -OCH3 is 1. The van der Waals surface area contributed by atoms with E-state index in [2.05, 4.69) is 21.2 Å². The van der Waals surface area contributed by atoms with Gasteiger partial charge in [0.2, 0.25) is 0 Å². The highest BCUT2D eigenvalue weighted by molar-refractivity contribution is 9.10. The number of hydrogen-bond donors (Lipinski definition) is 2. The number of hydrogen-bond acceptors (Lipinski definition) is 3. The minimum Gasteiger partial charge on any atom is -0.497 e. The molecule has 0 saturated carbocycles. The van der Waals surface area contributed by atoms with Gasteiger partial charge in [0.25, 0.3) is 5.91 Å². The topological polar surface area (TPSA) is 58.6 Å². The van der Waals surface area contributed by atoms with Gasteiger partial charge < -0.3 is 15.2 Å². The first-order valence-electron chi connectivity index (χ1n) is 6.56. The summed E-state index contributed by atoms with van der Waals surface area (Å²) >= 11 is 3.13. The molecule has 0 saturated heterocycles. The Labute approximate surface area is 136 Å². The third-order valence-corrected chi connectivity index (χ3v) is 3.54. The second-order valence-corrected chi connectivity index (χ2v) is 5.57. The van der Waals surface area contributed by atoms with Crippen molar-refractivity contribution in [2.75, 3.05) is 13.7 Å². The number of aliphatic hydroxyl groups excluding tert-OH is 1. The van der Waals surface area contributed by atoms with E-state index in [1.54, 1.807) is 31.4 Å². The predicted molar refractivity (Wildman–Crippen MR) is 84.4 cm³/mol. The Morgan fingerprint density at radius 1 is 1.32 bits per heavy atom. The molecule has 2 N–H and O–H groups in total. The summed E-state index contributed by atoms with van der Waals surface area (Å²) in [6.07, 6.45) is -0.855. The normalized spacial score (nSPS) is 11.8. The molecule has 0 heterocycles. The molecular formula is C16H15BrFNO3. The summed E-state index contributed by atoms with van der Waals surface area (Å²) < 4.78 is 18.8. The van der Waals surface area contributed by atoms with Gasteiger partial charge in [-0.1, -0.05) is 28.1 Å². The molecule has 2 aromatic rings. The molecule has 22 heavy (non-hydrogen) atoms. The summed E-state index contributed by atoms with van der Waals surface area (Å²) in [5.41, 5.74) is 0.843. The summed E-state index contributed by atoms with van der Waals surface area (Å²) in [4.78, 5) is 12.0. The van der Waals surface area contributed by atoms with Crippen LogP contribution in [0.2, 0.25) is 0 Å². The van der Waals surface area contributed by atoms with Crippen molar-refractivity contribution in [1.82, 2.24) is 5.32 Å². The molecule has 4 nitrogen and oxygen atoms in total. The quantitative estimate of drug-likeness (QED) is 0.853. The zero-order valence-electron chi connectivity index (χ0n) is 11.8. The first kappa shape index (κ1) is 16.5. The number of aliphatic hydroxyl groups is 1. The van der Waals surface area contributed by atoms with Gasteiger partial charge in [0, 0.05) is 16.6 Å². The van der Waals surface area contributed by atoms with Crippen LogP contribution < -0.4 is 10.1 Å². The molecule has 0 fully saturated rings. The van der Waals surface area contributed by atoms with Crippen LogP contribution in [-0.4, -0.2) is 24.7 Å². The fourth-order valence-electron chi connectivity index (χ4n) is 1.92. The first-order valence-corrected chi connectivity index (χ1v) is 7.35. The lowest BCUT2D eigenvalue weighted by atomic mass is 10.1.